The number of nitrogens with zero attached hydrogens (tertiary/aromatic N) is 1. The molecule has 1 atom stereocenters. The van der Waals surface area contributed by atoms with Crippen molar-refractivity contribution in [1.82, 2.24) is 10.2 Å². The summed E-state index contributed by atoms with van der Waals surface area (Å²) < 4.78 is 0. The molecule has 96 valence electrons. The summed E-state index contributed by atoms with van der Waals surface area (Å²) in [5.74, 6) is 0. The van der Waals surface area contributed by atoms with Crippen LogP contribution in [0.2, 0.25) is 0 Å². The van der Waals surface area contributed by atoms with Crippen molar-refractivity contribution in [2.45, 2.75) is 65.5 Å². The molecule has 0 aliphatic heterocycles. The molecule has 2 nitrogen and oxygen atoms in total. The van der Waals surface area contributed by atoms with Crippen molar-refractivity contribution in [1.29, 1.82) is 0 Å². The van der Waals surface area contributed by atoms with Gasteiger partial charge in [0.15, 0.2) is 0 Å². The lowest BCUT2D eigenvalue weighted by molar-refractivity contribution is 0.160. The zero-order chi connectivity index (χ0) is 12.2. The van der Waals surface area contributed by atoms with Crippen LogP contribution in [0.3, 0.4) is 0 Å². The van der Waals surface area contributed by atoms with E-state index in [9.17, 15) is 0 Å². The summed E-state index contributed by atoms with van der Waals surface area (Å²) >= 11 is 0. The van der Waals surface area contributed by atoms with Gasteiger partial charge in [-0.2, -0.15) is 0 Å². The fourth-order valence-electron chi connectivity index (χ4n) is 2.28. The van der Waals surface area contributed by atoms with E-state index >= 15 is 0 Å². The van der Waals surface area contributed by atoms with Crippen molar-refractivity contribution >= 4 is 0 Å². The van der Waals surface area contributed by atoms with E-state index in [-0.39, 0.29) is 0 Å². The van der Waals surface area contributed by atoms with Crippen molar-refractivity contribution in [2.24, 2.45) is 5.41 Å². The highest BCUT2D eigenvalue weighted by molar-refractivity contribution is 4.84. The van der Waals surface area contributed by atoms with Crippen molar-refractivity contribution in [2.75, 3.05) is 20.1 Å². The second-order valence-corrected chi connectivity index (χ2v) is 6.60. The van der Waals surface area contributed by atoms with Crippen LogP contribution in [0.1, 0.15) is 53.4 Å². The first kappa shape index (κ1) is 14.0. The highest BCUT2D eigenvalue weighted by Gasteiger charge is 2.24. The Hall–Kier alpha value is -0.0800. The Balaban J connectivity index is 2.33. The molecular formula is C14H30N2. The van der Waals surface area contributed by atoms with Gasteiger partial charge in [-0.1, -0.05) is 34.1 Å². The lowest BCUT2D eigenvalue weighted by Gasteiger charge is -2.33. The monoisotopic (exact) mass is 226 g/mol. The predicted molar refractivity (Wildman–Crippen MR) is 71.8 cm³/mol. The molecule has 0 saturated heterocycles. The molecule has 1 fully saturated rings. The highest BCUT2D eigenvalue weighted by atomic mass is 15.2. The summed E-state index contributed by atoms with van der Waals surface area (Å²) in [4.78, 5) is 2.54. The highest BCUT2D eigenvalue weighted by Crippen LogP contribution is 2.20. The fourth-order valence-corrected chi connectivity index (χ4v) is 2.28. The Bertz CT molecular complexity index is 191. The third-order valence-corrected chi connectivity index (χ3v) is 3.19. The lowest BCUT2D eigenvalue weighted by atomic mass is 9.95. The van der Waals surface area contributed by atoms with E-state index in [1.807, 2.05) is 0 Å². The summed E-state index contributed by atoms with van der Waals surface area (Å²) in [7, 11) is 2.28. The number of likely N-dealkylation sites (N-methyl/N-ethyl adjacent to an activating group) is 1. The molecule has 1 unspecified atom stereocenters. The Kier molecular flexibility index (Phi) is 5.26. The standard InChI is InChI=1S/C14H30N2/c1-6-7-13(10-15-12-8-9-12)16(5)11-14(2,3)4/h12-13,15H,6-11H2,1-5H3. The molecule has 1 N–H and O–H groups in total. The van der Waals surface area contributed by atoms with E-state index in [0.29, 0.717) is 11.5 Å². The smallest absolute Gasteiger partial charge is 0.0217 e. The summed E-state index contributed by atoms with van der Waals surface area (Å²) in [6.45, 7) is 11.6. The maximum absolute atomic E-state index is 3.67. The largest absolute Gasteiger partial charge is 0.312 e. The zero-order valence-corrected chi connectivity index (χ0v) is 11.8. The van der Waals surface area contributed by atoms with Crippen molar-refractivity contribution in [3.63, 3.8) is 0 Å². The zero-order valence-electron chi connectivity index (χ0n) is 11.8. The van der Waals surface area contributed by atoms with Crippen LogP contribution in [0.15, 0.2) is 0 Å². The van der Waals surface area contributed by atoms with Crippen LogP contribution in [-0.4, -0.2) is 37.1 Å². The van der Waals surface area contributed by atoms with E-state index in [1.54, 1.807) is 0 Å². The average molecular weight is 226 g/mol. The topological polar surface area (TPSA) is 15.3 Å². The summed E-state index contributed by atoms with van der Waals surface area (Å²) in [6, 6.07) is 1.55. The van der Waals surface area contributed by atoms with Crippen LogP contribution in [-0.2, 0) is 0 Å². The van der Waals surface area contributed by atoms with Gasteiger partial charge < -0.3 is 10.2 Å². The first-order chi connectivity index (χ1) is 7.42. The minimum Gasteiger partial charge on any atom is -0.312 e. The molecular weight excluding hydrogens is 196 g/mol. The summed E-state index contributed by atoms with van der Waals surface area (Å²) in [5, 5.41) is 3.67. The van der Waals surface area contributed by atoms with Crippen molar-refractivity contribution < 1.29 is 0 Å². The molecule has 0 radical (unpaired) electrons. The maximum Gasteiger partial charge on any atom is 0.0217 e. The Morgan fingerprint density at radius 3 is 2.38 bits per heavy atom. The molecule has 0 aromatic rings. The van der Waals surface area contributed by atoms with E-state index in [4.69, 9.17) is 0 Å². The van der Waals surface area contributed by atoms with Crippen LogP contribution in [0.25, 0.3) is 0 Å². The third kappa shape index (κ3) is 5.86. The molecule has 0 heterocycles. The van der Waals surface area contributed by atoms with Gasteiger partial charge in [0.1, 0.15) is 0 Å². The van der Waals surface area contributed by atoms with Crippen LogP contribution < -0.4 is 5.32 Å². The Morgan fingerprint density at radius 2 is 1.94 bits per heavy atom. The quantitative estimate of drug-likeness (QED) is 0.718. The molecule has 2 heteroatoms. The molecule has 1 saturated carbocycles. The van der Waals surface area contributed by atoms with Gasteiger partial charge in [0.2, 0.25) is 0 Å². The Morgan fingerprint density at radius 1 is 1.31 bits per heavy atom. The minimum atomic E-state index is 0.403. The molecule has 1 aliphatic rings. The van der Waals surface area contributed by atoms with Crippen molar-refractivity contribution in [3.8, 4) is 0 Å². The van der Waals surface area contributed by atoms with Gasteiger partial charge in [-0.05, 0) is 31.7 Å². The molecule has 1 aliphatic carbocycles. The van der Waals surface area contributed by atoms with Crippen LogP contribution in [0, 0.1) is 5.41 Å². The second kappa shape index (κ2) is 6.02. The predicted octanol–water partition coefficient (Wildman–Crippen LogP) is 2.89. The molecule has 0 bridgehead atoms. The number of rotatable bonds is 7. The number of nitrogens with one attached hydrogen (secondary N) is 1. The minimum absolute atomic E-state index is 0.403. The fraction of sp³-hybridized carbons (Fsp3) is 1.00. The normalized spacial score (nSPS) is 19.1. The lowest BCUT2D eigenvalue weighted by Crippen LogP contribution is -2.44. The molecule has 16 heavy (non-hydrogen) atoms. The van der Waals surface area contributed by atoms with Crippen molar-refractivity contribution in [3.05, 3.63) is 0 Å². The van der Waals surface area contributed by atoms with Gasteiger partial charge in [0, 0.05) is 25.2 Å². The summed E-state index contributed by atoms with van der Waals surface area (Å²) in [5.41, 5.74) is 0.403. The second-order valence-electron chi connectivity index (χ2n) is 6.60. The van der Waals surface area contributed by atoms with Gasteiger partial charge >= 0.3 is 0 Å². The van der Waals surface area contributed by atoms with Gasteiger partial charge in [-0.25, -0.2) is 0 Å². The molecule has 0 aromatic heterocycles. The molecule has 0 spiro atoms. The van der Waals surface area contributed by atoms with Crippen LogP contribution in [0.4, 0.5) is 0 Å². The summed E-state index contributed by atoms with van der Waals surface area (Å²) in [6.07, 6.45) is 5.38. The van der Waals surface area contributed by atoms with Gasteiger partial charge in [-0.3, -0.25) is 0 Å². The van der Waals surface area contributed by atoms with Gasteiger partial charge in [0.05, 0.1) is 0 Å². The van der Waals surface area contributed by atoms with E-state index in [0.717, 1.165) is 6.04 Å². The number of hydrogen-bond acceptors (Lipinski definition) is 2. The van der Waals surface area contributed by atoms with Gasteiger partial charge in [0.25, 0.3) is 0 Å². The molecule has 1 rings (SSSR count). The van der Waals surface area contributed by atoms with Crippen LogP contribution in [0.5, 0.6) is 0 Å². The maximum atomic E-state index is 3.67. The van der Waals surface area contributed by atoms with Gasteiger partial charge in [-0.15, -0.1) is 0 Å². The van der Waals surface area contributed by atoms with Crippen LogP contribution >= 0.6 is 0 Å². The van der Waals surface area contributed by atoms with E-state index in [2.05, 4.69) is 45.0 Å². The first-order valence-corrected chi connectivity index (χ1v) is 6.86. The molecule has 0 amide bonds. The number of hydrogen-bond donors (Lipinski definition) is 1. The Labute approximate surface area is 102 Å². The average Bonchev–Trinajstić information content (AvgIpc) is 2.92. The SMILES string of the molecule is CCCC(CNC1CC1)N(C)CC(C)(C)C. The molecule has 0 aromatic carbocycles. The first-order valence-electron chi connectivity index (χ1n) is 6.86. The van der Waals surface area contributed by atoms with E-state index in [1.165, 1.54) is 38.8 Å². The third-order valence-electron chi connectivity index (χ3n) is 3.19. The van der Waals surface area contributed by atoms with E-state index < -0.39 is 0 Å².